The van der Waals surface area contributed by atoms with Gasteiger partial charge in [0.2, 0.25) is 0 Å². The van der Waals surface area contributed by atoms with Crippen LogP contribution in [0.4, 0.5) is 18.9 Å². The Kier molecular flexibility index (Phi) is 5.81. The van der Waals surface area contributed by atoms with Crippen LogP contribution in [0.15, 0.2) is 36.7 Å². The quantitative estimate of drug-likeness (QED) is 0.632. The normalized spacial score (nSPS) is 11.7. The molecule has 0 unspecified atom stereocenters. The first-order valence-electron chi connectivity index (χ1n) is 9.37. The van der Waals surface area contributed by atoms with Crippen molar-refractivity contribution in [3.05, 3.63) is 53.3 Å². The van der Waals surface area contributed by atoms with Crippen LogP contribution in [0.2, 0.25) is 0 Å². The molecular formula is C21H23F3N4O. The standard InChI is InChI=1S/C21H23F3N4O/c1-4-14-10-17(26-8-7-21(22,23)24)19-27-11-18(28(19)12-14)15-5-6-16(13(2)9-15)20(29)25-3/h5-6,9-12,26H,4,7-8H2,1-3H3,(H,25,29). The van der Waals surface area contributed by atoms with E-state index in [-0.39, 0.29) is 12.5 Å². The third kappa shape index (κ3) is 4.52. The average Bonchev–Trinajstić information content (AvgIpc) is 3.10. The van der Waals surface area contributed by atoms with E-state index in [0.29, 0.717) is 16.9 Å². The Bertz CT molecular complexity index is 1040. The summed E-state index contributed by atoms with van der Waals surface area (Å²) in [6.45, 7) is 3.63. The number of halogens is 3. The van der Waals surface area contributed by atoms with E-state index in [0.717, 1.165) is 28.8 Å². The molecular weight excluding hydrogens is 381 g/mol. The number of amides is 1. The zero-order chi connectivity index (χ0) is 21.2. The van der Waals surface area contributed by atoms with E-state index in [1.54, 1.807) is 19.3 Å². The lowest BCUT2D eigenvalue weighted by Gasteiger charge is -2.13. The van der Waals surface area contributed by atoms with Crippen LogP contribution >= 0.6 is 0 Å². The van der Waals surface area contributed by atoms with Crippen LogP contribution in [0.3, 0.4) is 0 Å². The fourth-order valence-electron chi connectivity index (χ4n) is 3.23. The fourth-order valence-corrected chi connectivity index (χ4v) is 3.23. The number of alkyl halides is 3. The van der Waals surface area contributed by atoms with Crippen LogP contribution in [-0.4, -0.2) is 35.1 Å². The summed E-state index contributed by atoms with van der Waals surface area (Å²) in [5, 5.41) is 5.48. The summed E-state index contributed by atoms with van der Waals surface area (Å²) >= 11 is 0. The topological polar surface area (TPSA) is 58.4 Å². The lowest BCUT2D eigenvalue weighted by molar-refractivity contribution is -0.131. The first kappa shape index (κ1) is 20.7. The number of imidazole rings is 1. The van der Waals surface area contributed by atoms with Crippen molar-refractivity contribution in [2.75, 3.05) is 18.9 Å². The molecule has 3 aromatic rings. The van der Waals surface area contributed by atoms with Gasteiger partial charge in [0.25, 0.3) is 5.91 Å². The summed E-state index contributed by atoms with van der Waals surface area (Å²) in [5.74, 6) is -0.156. The number of carbonyl (C=O) groups is 1. The molecule has 0 saturated carbocycles. The lowest BCUT2D eigenvalue weighted by Crippen LogP contribution is -2.18. The molecule has 2 aromatic heterocycles. The Balaban J connectivity index is 2.01. The van der Waals surface area contributed by atoms with E-state index in [1.807, 2.05) is 42.6 Å². The molecule has 29 heavy (non-hydrogen) atoms. The zero-order valence-corrected chi connectivity index (χ0v) is 16.5. The minimum Gasteiger partial charge on any atom is -0.382 e. The van der Waals surface area contributed by atoms with Gasteiger partial charge in [0.05, 0.1) is 24.0 Å². The molecule has 0 bridgehead atoms. The third-order valence-corrected chi connectivity index (χ3v) is 4.79. The van der Waals surface area contributed by atoms with Crippen LogP contribution in [0.25, 0.3) is 16.9 Å². The minimum absolute atomic E-state index is 0.156. The molecule has 2 N–H and O–H groups in total. The van der Waals surface area contributed by atoms with Gasteiger partial charge in [0.15, 0.2) is 5.65 Å². The number of hydrogen-bond donors (Lipinski definition) is 2. The van der Waals surface area contributed by atoms with Gasteiger partial charge in [-0.2, -0.15) is 13.2 Å². The maximum atomic E-state index is 12.5. The number of pyridine rings is 1. The van der Waals surface area contributed by atoms with E-state index in [4.69, 9.17) is 0 Å². The summed E-state index contributed by atoms with van der Waals surface area (Å²) in [7, 11) is 1.58. The number of hydrogen-bond acceptors (Lipinski definition) is 3. The highest BCUT2D eigenvalue weighted by Crippen LogP contribution is 2.28. The van der Waals surface area contributed by atoms with Crippen molar-refractivity contribution in [1.29, 1.82) is 0 Å². The maximum Gasteiger partial charge on any atom is 0.390 e. The van der Waals surface area contributed by atoms with Crippen LogP contribution in [0.1, 0.15) is 34.8 Å². The van der Waals surface area contributed by atoms with Crippen molar-refractivity contribution in [2.45, 2.75) is 32.9 Å². The second kappa shape index (κ2) is 8.14. The molecule has 2 heterocycles. The molecule has 1 aromatic carbocycles. The average molecular weight is 404 g/mol. The minimum atomic E-state index is -4.21. The Morgan fingerprint density at radius 2 is 2.00 bits per heavy atom. The Morgan fingerprint density at radius 1 is 1.24 bits per heavy atom. The molecule has 1 amide bonds. The third-order valence-electron chi connectivity index (χ3n) is 4.79. The molecule has 5 nitrogen and oxygen atoms in total. The van der Waals surface area contributed by atoms with Gasteiger partial charge < -0.3 is 10.6 Å². The molecule has 0 aliphatic carbocycles. The van der Waals surface area contributed by atoms with Crippen LogP contribution < -0.4 is 10.6 Å². The first-order valence-corrected chi connectivity index (χ1v) is 9.37. The second-order valence-electron chi connectivity index (χ2n) is 6.85. The van der Waals surface area contributed by atoms with Crippen molar-refractivity contribution in [3.8, 4) is 11.3 Å². The highest BCUT2D eigenvalue weighted by atomic mass is 19.4. The molecule has 0 radical (unpaired) electrons. The largest absolute Gasteiger partial charge is 0.390 e. The Hall–Kier alpha value is -3.03. The van der Waals surface area contributed by atoms with Gasteiger partial charge in [-0.05, 0) is 42.7 Å². The fraction of sp³-hybridized carbons (Fsp3) is 0.333. The van der Waals surface area contributed by atoms with Crippen molar-refractivity contribution < 1.29 is 18.0 Å². The van der Waals surface area contributed by atoms with Gasteiger partial charge in [-0.1, -0.05) is 13.0 Å². The highest BCUT2D eigenvalue weighted by Gasteiger charge is 2.26. The van der Waals surface area contributed by atoms with Gasteiger partial charge in [-0.25, -0.2) is 4.98 Å². The number of benzene rings is 1. The Morgan fingerprint density at radius 3 is 2.62 bits per heavy atom. The number of anilines is 1. The number of carbonyl (C=O) groups excluding carboxylic acids is 1. The molecule has 3 rings (SSSR count). The predicted molar refractivity (Wildman–Crippen MR) is 107 cm³/mol. The number of aryl methyl sites for hydroxylation is 2. The van der Waals surface area contributed by atoms with Gasteiger partial charge in [-0.3, -0.25) is 9.20 Å². The summed E-state index contributed by atoms with van der Waals surface area (Å²) in [6.07, 6.45) is -0.762. The number of nitrogens with zero attached hydrogens (tertiary/aromatic N) is 2. The number of nitrogens with one attached hydrogen (secondary N) is 2. The van der Waals surface area contributed by atoms with E-state index in [2.05, 4.69) is 15.6 Å². The van der Waals surface area contributed by atoms with E-state index in [9.17, 15) is 18.0 Å². The zero-order valence-electron chi connectivity index (χ0n) is 16.5. The highest BCUT2D eigenvalue weighted by molar-refractivity contribution is 5.96. The summed E-state index contributed by atoms with van der Waals surface area (Å²) < 4.78 is 39.4. The first-order chi connectivity index (χ1) is 13.7. The molecule has 0 aliphatic rings. The molecule has 8 heteroatoms. The molecule has 0 aliphatic heterocycles. The number of rotatable bonds is 6. The van der Waals surface area contributed by atoms with E-state index in [1.165, 1.54) is 0 Å². The monoisotopic (exact) mass is 404 g/mol. The van der Waals surface area contributed by atoms with Gasteiger partial charge in [0.1, 0.15) is 0 Å². The molecule has 0 fully saturated rings. The molecule has 0 saturated heterocycles. The molecule has 0 spiro atoms. The van der Waals surface area contributed by atoms with Crippen LogP contribution in [0, 0.1) is 6.92 Å². The summed E-state index contributed by atoms with van der Waals surface area (Å²) in [6, 6.07) is 7.34. The summed E-state index contributed by atoms with van der Waals surface area (Å²) in [4.78, 5) is 16.4. The van der Waals surface area contributed by atoms with Crippen molar-refractivity contribution in [3.63, 3.8) is 0 Å². The Labute approximate surface area is 167 Å². The van der Waals surface area contributed by atoms with Crippen LogP contribution in [0.5, 0.6) is 0 Å². The van der Waals surface area contributed by atoms with E-state index < -0.39 is 12.6 Å². The van der Waals surface area contributed by atoms with E-state index >= 15 is 0 Å². The summed E-state index contributed by atoms with van der Waals surface area (Å²) in [5.41, 5.74) is 5.20. The van der Waals surface area contributed by atoms with Crippen LogP contribution in [-0.2, 0) is 6.42 Å². The van der Waals surface area contributed by atoms with Crippen molar-refractivity contribution in [1.82, 2.24) is 14.7 Å². The smallest absolute Gasteiger partial charge is 0.382 e. The second-order valence-corrected chi connectivity index (χ2v) is 6.85. The van der Waals surface area contributed by atoms with Gasteiger partial charge in [0, 0.05) is 30.9 Å². The van der Waals surface area contributed by atoms with Crippen molar-refractivity contribution in [2.24, 2.45) is 0 Å². The predicted octanol–water partition coefficient (Wildman–Crippen LogP) is 4.60. The molecule has 154 valence electrons. The number of fused-ring (bicyclic) bond motifs is 1. The SMILES string of the molecule is CCc1cc(NCCC(F)(F)F)c2ncc(-c3ccc(C(=O)NC)c(C)c3)n2c1. The van der Waals surface area contributed by atoms with Crippen molar-refractivity contribution >= 4 is 17.2 Å². The maximum absolute atomic E-state index is 12.5. The number of aromatic nitrogens is 2. The van der Waals surface area contributed by atoms with Gasteiger partial charge in [-0.15, -0.1) is 0 Å². The van der Waals surface area contributed by atoms with Gasteiger partial charge >= 0.3 is 6.18 Å². The lowest BCUT2D eigenvalue weighted by atomic mass is 10.0. The molecule has 0 atom stereocenters.